The number of rotatable bonds is 3. The van der Waals surface area contributed by atoms with Crippen LogP contribution >= 0.6 is 11.3 Å². The Morgan fingerprint density at radius 2 is 1.83 bits per heavy atom. The third-order valence-corrected chi connectivity index (χ3v) is 6.19. The molecule has 3 nitrogen and oxygen atoms in total. The van der Waals surface area contributed by atoms with Crippen LogP contribution in [0, 0.1) is 17.7 Å². The molecule has 4 rings (SSSR count). The zero-order valence-electron chi connectivity index (χ0n) is 20.2. The first kappa shape index (κ1) is 28.8. The molecule has 2 aromatic carbocycles. The number of nitrogens with zero attached hydrogens (tertiary/aromatic N) is 1. The molecule has 1 atom stereocenters. The Labute approximate surface area is 222 Å². The third kappa shape index (κ3) is 7.52. The monoisotopic (exact) mass is 673 g/mol. The Balaban J connectivity index is 0.000000476. The summed E-state index contributed by atoms with van der Waals surface area (Å²) in [5.41, 5.74) is 3.38. The Morgan fingerprint density at radius 1 is 1.11 bits per heavy atom. The van der Waals surface area contributed by atoms with Crippen LogP contribution in [-0.4, -0.2) is 21.3 Å². The van der Waals surface area contributed by atoms with Crippen molar-refractivity contribution in [2.45, 2.75) is 46.1 Å². The van der Waals surface area contributed by atoms with Crippen molar-refractivity contribution in [2.24, 2.45) is 0 Å². The van der Waals surface area contributed by atoms with Crippen molar-refractivity contribution in [1.82, 2.24) is 4.98 Å². The number of halogens is 2. The van der Waals surface area contributed by atoms with E-state index >= 15 is 0 Å². The minimum absolute atomic E-state index is 0. The molecule has 2 heterocycles. The number of fused-ring (bicyclic) bond motifs is 1. The Kier molecular flexibility index (Phi) is 9.87. The predicted octanol–water partition coefficient (Wildman–Crippen LogP) is 7.83. The second kappa shape index (κ2) is 12.0. The maximum atomic E-state index is 14.2. The Hall–Kier alpha value is -2.44. The number of hydrogen-bond donors (Lipinski definition) is 2. The van der Waals surface area contributed by atoms with Crippen LogP contribution in [0.2, 0.25) is 0 Å². The normalized spacial score (nSPS) is 12.5. The molecule has 0 fully saturated rings. The first-order valence-corrected chi connectivity index (χ1v) is 11.7. The van der Waals surface area contributed by atoms with E-state index in [4.69, 9.17) is 10.2 Å². The number of pyridine rings is 1. The van der Waals surface area contributed by atoms with Gasteiger partial charge in [0.05, 0.1) is 11.9 Å². The van der Waals surface area contributed by atoms with Gasteiger partial charge in [-0.3, -0.25) is 0 Å². The molecule has 0 spiro atoms. The minimum atomic E-state index is -0.576. The molecule has 4 aromatic rings. The van der Waals surface area contributed by atoms with Crippen molar-refractivity contribution in [3.63, 3.8) is 0 Å². The second-order valence-corrected chi connectivity index (χ2v) is 10.2. The molecule has 0 bridgehead atoms. The van der Waals surface area contributed by atoms with E-state index in [-0.39, 0.29) is 31.3 Å². The van der Waals surface area contributed by atoms with Gasteiger partial charge in [0.25, 0.3) is 0 Å². The minimum Gasteiger partial charge on any atom is -0.513 e. The van der Waals surface area contributed by atoms with Crippen LogP contribution in [0.4, 0.5) is 8.78 Å². The van der Waals surface area contributed by atoms with Gasteiger partial charge in [-0.2, -0.15) is 0 Å². The van der Waals surface area contributed by atoms with E-state index in [1.165, 1.54) is 42.0 Å². The number of allylic oxidation sites excluding steroid dienone is 1. The summed E-state index contributed by atoms with van der Waals surface area (Å²) in [5, 5.41) is 17.9. The Bertz CT molecular complexity index is 1310. The van der Waals surface area contributed by atoms with Crippen molar-refractivity contribution in [1.29, 1.82) is 0 Å². The van der Waals surface area contributed by atoms with E-state index < -0.39 is 17.7 Å². The van der Waals surface area contributed by atoms with Gasteiger partial charge in [-0.05, 0) is 60.7 Å². The van der Waals surface area contributed by atoms with Crippen molar-refractivity contribution in [3.8, 4) is 21.7 Å². The van der Waals surface area contributed by atoms with Crippen LogP contribution < -0.4 is 0 Å². The van der Waals surface area contributed by atoms with Crippen molar-refractivity contribution >= 4 is 21.4 Å². The summed E-state index contributed by atoms with van der Waals surface area (Å²) in [6, 6.07) is 17.0. The van der Waals surface area contributed by atoms with Gasteiger partial charge in [0.2, 0.25) is 0 Å². The van der Waals surface area contributed by atoms with E-state index in [0.717, 1.165) is 32.3 Å². The van der Waals surface area contributed by atoms with Crippen LogP contribution in [0.1, 0.15) is 40.2 Å². The van der Waals surface area contributed by atoms with Gasteiger partial charge in [-0.1, -0.05) is 20.8 Å². The molecule has 0 amide bonds. The summed E-state index contributed by atoms with van der Waals surface area (Å²) in [6.45, 7) is 9.60. The standard InChI is InChI=1S/C23H18F2NS.C5H10O2.Ir/c1-23(2,3)15-6-4-14(5-7-15)22-18-13-21(27-20(18)10-11-26-22)17-9-8-16(24)12-19(17)25;1-4(6)3-5(2)7;/h4,6-13H,1-3H3;3-4,6-7H,1-2H3;/q-1;;. The van der Waals surface area contributed by atoms with Gasteiger partial charge in [0.1, 0.15) is 11.6 Å². The number of benzene rings is 2. The third-order valence-electron chi connectivity index (χ3n) is 5.06. The van der Waals surface area contributed by atoms with Crippen LogP contribution in [0.25, 0.3) is 31.8 Å². The van der Waals surface area contributed by atoms with Crippen molar-refractivity contribution in [2.75, 3.05) is 0 Å². The number of aliphatic hydroxyl groups is 2. The van der Waals surface area contributed by atoms with Gasteiger partial charge < -0.3 is 15.2 Å². The summed E-state index contributed by atoms with van der Waals surface area (Å²) in [5.74, 6) is -0.972. The first-order chi connectivity index (χ1) is 16.0. The fourth-order valence-electron chi connectivity index (χ4n) is 3.39. The van der Waals surface area contributed by atoms with Gasteiger partial charge in [-0.15, -0.1) is 46.7 Å². The zero-order valence-corrected chi connectivity index (χ0v) is 23.4. The van der Waals surface area contributed by atoms with Crippen LogP contribution in [0.3, 0.4) is 0 Å². The molecule has 1 radical (unpaired) electrons. The van der Waals surface area contributed by atoms with Gasteiger partial charge >= 0.3 is 0 Å². The largest absolute Gasteiger partial charge is 0.513 e. The SMILES string of the molecule is CC(C)(C)c1c[c-]c(-c2nccc3sc(-c4ccc(F)cc4F)cc23)cc1.CC(O)=CC(C)O.[Ir]. The van der Waals surface area contributed by atoms with Gasteiger partial charge in [-0.25, -0.2) is 8.78 Å². The molecule has 7 heteroatoms. The smallest absolute Gasteiger partial charge is 0.134 e. The molecular formula is C28H28F2IrNO2S-. The molecular weight excluding hydrogens is 645 g/mol. The molecule has 0 aliphatic heterocycles. The number of aromatic nitrogens is 1. The van der Waals surface area contributed by atoms with Gasteiger partial charge in [0.15, 0.2) is 0 Å². The summed E-state index contributed by atoms with van der Waals surface area (Å²) >= 11 is 1.47. The molecule has 0 saturated carbocycles. The van der Waals surface area contributed by atoms with E-state index in [9.17, 15) is 8.78 Å². The molecule has 187 valence electrons. The van der Waals surface area contributed by atoms with E-state index in [2.05, 4.69) is 37.9 Å². The average Bonchev–Trinajstić information content (AvgIpc) is 3.16. The molecule has 2 N–H and O–H groups in total. The maximum Gasteiger partial charge on any atom is 0.134 e. The second-order valence-electron chi connectivity index (χ2n) is 9.10. The van der Waals surface area contributed by atoms with Crippen LogP contribution in [-0.2, 0) is 25.5 Å². The van der Waals surface area contributed by atoms with Crippen molar-refractivity contribution < 1.29 is 39.1 Å². The number of aliphatic hydroxyl groups excluding tert-OH is 2. The molecule has 2 aromatic heterocycles. The number of thiophene rings is 1. The van der Waals surface area contributed by atoms with E-state index in [0.29, 0.717) is 5.56 Å². The summed E-state index contributed by atoms with van der Waals surface area (Å²) in [4.78, 5) is 5.29. The summed E-state index contributed by atoms with van der Waals surface area (Å²) < 4.78 is 28.4. The maximum absolute atomic E-state index is 14.2. The molecule has 0 aliphatic carbocycles. The summed E-state index contributed by atoms with van der Waals surface area (Å²) in [7, 11) is 0. The molecule has 35 heavy (non-hydrogen) atoms. The topological polar surface area (TPSA) is 53.4 Å². The van der Waals surface area contributed by atoms with Crippen LogP contribution in [0.5, 0.6) is 0 Å². The fraction of sp³-hybridized carbons (Fsp3) is 0.250. The molecule has 1 unspecified atom stereocenters. The molecule has 0 aliphatic rings. The van der Waals surface area contributed by atoms with Crippen molar-refractivity contribution in [3.05, 3.63) is 89.8 Å². The quantitative estimate of drug-likeness (QED) is 0.172. The fourth-order valence-corrected chi connectivity index (χ4v) is 4.47. The average molecular weight is 673 g/mol. The Morgan fingerprint density at radius 3 is 2.34 bits per heavy atom. The number of hydrogen-bond acceptors (Lipinski definition) is 4. The summed E-state index contributed by atoms with van der Waals surface area (Å²) in [6.07, 6.45) is 2.58. The van der Waals surface area contributed by atoms with E-state index in [1.807, 2.05) is 24.3 Å². The molecule has 0 saturated heterocycles. The van der Waals surface area contributed by atoms with E-state index in [1.54, 1.807) is 13.1 Å². The van der Waals surface area contributed by atoms with Gasteiger partial charge in [0, 0.05) is 47.5 Å². The zero-order chi connectivity index (χ0) is 25.0. The first-order valence-electron chi connectivity index (χ1n) is 10.9. The predicted molar refractivity (Wildman–Crippen MR) is 136 cm³/mol. The van der Waals surface area contributed by atoms with Crippen LogP contribution in [0.15, 0.2) is 66.6 Å².